The highest BCUT2D eigenvalue weighted by Crippen LogP contribution is 2.08. The SMILES string of the molecule is CC(CCC(=O)O)N1CCOCC1.Cl. The van der Waals surface area contributed by atoms with Gasteiger partial charge in [-0.25, -0.2) is 0 Å². The van der Waals surface area contributed by atoms with E-state index >= 15 is 0 Å². The fraction of sp³-hybridized carbons (Fsp3) is 0.889. The molecule has 0 bridgehead atoms. The Bertz CT molecular complexity index is 171. The van der Waals surface area contributed by atoms with E-state index in [1.807, 2.05) is 0 Å². The van der Waals surface area contributed by atoms with Crippen LogP contribution in [0.25, 0.3) is 0 Å². The summed E-state index contributed by atoms with van der Waals surface area (Å²) in [6.45, 7) is 5.49. The number of carboxylic acids is 1. The Morgan fingerprint density at radius 3 is 2.57 bits per heavy atom. The topological polar surface area (TPSA) is 49.8 Å². The Morgan fingerprint density at radius 2 is 2.07 bits per heavy atom. The summed E-state index contributed by atoms with van der Waals surface area (Å²) in [4.78, 5) is 12.6. The average molecular weight is 224 g/mol. The molecule has 0 aliphatic carbocycles. The third-order valence-corrected chi connectivity index (χ3v) is 2.45. The highest BCUT2D eigenvalue weighted by Gasteiger charge is 2.17. The van der Waals surface area contributed by atoms with E-state index in [1.165, 1.54) is 0 Å². The summed E-state index contributed by atoms with van der Waals surface area (Å²) < 4.78 is 5.22. The molecule has 1 rings (SSSR count). The van der Waals surface area contributed by atoms with Crippen LogP contribution in [0.1, 0.15) is 19.8 Å². The molecule has 1 heterocycles. The molecule has 1 fully saturated rings. The summed E-state index contributed by atoms with van der Waals surface area (Å²) in [7, 11) is 0. The van der Waals surface area contributed by atoms with E-state index < -0.39 is 5.97 Å². The summed E-state index contributed by atoms with van der Waals surface area (Å²) in [5, 5.41) is 8.52. The van der Waals surface area contributed by atoms with Crippen molar-refractivity contribution >= 4 is 18.4 Å². The van der Waals surface area contributed by atoms with E-state index in [0.717, 1.165) is 32.7 Å². The van der Waals surface area contributed by atoms with E-state index in [-0.39, 0.29) is 18.8 Å². The van der Waals surface area contributed by atoms with Crippen LogP contribution in [0.2, 0.25) is 0 Å². The monoisotopic (exact) mass is 223 g/mol. The van der Waals surface area contributed by atoms with Gasteiger partial charge in [0.15, 0.2) is 0 Å². The van der Waals surface area contributed by atoms with Gasteiger partial charge >= 0.3 is 5.97 Å². The molecule has 84 valence electrons. The molecule has 0 aromatic rings. The first kappa shape index (κ1) is 13.7. The lowest BCUT2D eigenvalue weighted by Gasteiger charge is -2.31. The second-order valence-corrected chi connectivity index (χ2v) is 3.43. The summed E-state index contributed by atoms with van der Waals surface area (Å²) in [6.07, 6.45) is 0.994. The van der Waals surface area contributed by atoms with Crippen molar-refractivity contribution in [2.45, 2.75) is 25.8 Å². The van der Waals surface area contributed by atoms with Gasteiger partial charge in [0.25, 0.3) is 0 Å². The summed E-state index contributed by atoms with van der Waals surface area (Å²) in [6, 6.07) is 0.361. The quantitative estimate of drug-likeness (QED) is 0.773. The average Bonchev–Trinajstić information content (AvgIpc) is 2.15. The van der Waals surface area contributed by atoms with Crippen LogP contribution >= 0.6 is 12.4 Å². The minimum Gasteiger partial charge on any atom is -0.481 e. The number of ether oxygens (including phenoxy) is 1. The van der Waals surface area contributed by atoms with Gasteiger partial charge in [0, 0.05) is 25.6 Å². The van der Waals surface area contributed by atoms with Crippen LogP contribution < -0.4 is 0 Å². The summed E-state index contributed by atoms with van der Waals surface area (Å²) in [5.41, 5.74) is 0. The number of aliphatic carboxylic acids is 1. The van der Waals surface area contributed by atoms with Gasteiger partial charge in [-0.1, -0.05) is 0 Å². The summed E-state index contributed by atoms with van der Waals surface area (Å²) in [5.74, 6) is -0.708. The van der Waals surface area contributed by atoms with Gasteiger partial charge < -0.3 is 9.84 Å². The summed E-state index contributed by atoms with van der Waals surface area (Å²) >= 11 is 0. The van der Waals surface area contributed by atoms with E-state index in [0.29, 0.717) is 6.04 Å². The maximum atomic E-state index is 10.3. The van der Waals surface area contributed by atoms with E-state index in [2.05, 4.69) is 11.8 Å². The van der Waals surface area contributed by atoms with Crippen molar-refractivity contribution in [1.82, 2.24) is 4.90 Å². The predicted octanol–water partition coefficient (Wildman–Crippen LogP) is 0.994. The van der Waals surface area contributed by atoms with Crippen molar-refractivity contribution in [2.75, 3.05) is 26.3 Å². The normalized spacial score (nSPS) is 19.8. The number of carboxylic acid groups (broad SMARTS) is 1. The molecule has 1 saturated heterocycles. The van der Waals surface area contributed by atoms with Crippen molar-refractivity contribution in [3.05, 3.63) is 0 Å². The first-order valence-corrected chi connectivity index (χ1v) is 4.73. The van der Waals surface area contributed by atoms with Gasteiger partial charge in [-0.15, -0.1) is 12.4 Å². The highest BCUT2D eigenvalue weighted by atomic mass is 35.5. The van der Waals surface area contributed by atoms with Crippen molar-refractivity contribution < 1.29 is 14.6 Å². The zero-order chi connectivity index (χ0) is 9.68. The molecule has 0 aromatic carbocycles. The Morgan fingerprint density at radius 1 is 1.50 bits per heavy atom. The molecule has 1 aliphatic rings. The van der Waals surface area contributed by atoms with Crippen molar-refractivity contribution in [3.63, 3.8) is 0 Å². The molecule has 0 aromatic heterocycles. The molecule has 1 unspecified atom stereocenters. The zero-order valence-electron chi connectivity index (χ0n) is 8.44. The van der Waals surface area contributed by atoms with Crippen molar-refractivity contribution in [1.29, 1.82) is 0 Å². The molecule has 5 heteroatoms. The van der Waals surface area contributed by atoms with Gasteiger partial charge in [-0.3, -0.25) is 9.69 Å². The van der Waals surface area contributed by atoms with E-state index in [1.54, 1.807) is 0 Å². The standard InChI is InChI=1S/C9H17NO3.ClH/c1-8(2-3-9(11)12)10-4-6-13-7-5-10;/h8H,2-7H2,1H3,(H,11,12);1H. The molecule has 0 spiro atoms. The Hall–Kier alpha value is -0.320. The van der Waals surface area contributed by atoms with Crippen molar-refractivity contribution in [2.24, 2.45) is 0 Å². The third-order valence-electron chi connectivity index (χ3n) is 2.45. The zero-order valence-corrected chi connectivity index (χ0v) is 9.26. The number of nitrogens with zero attached hydrogens (tertiary/aromatic N) is 1. The fourth-order valence-corrected chi connectivity index (χ4v) is 1.53. The Labute approximate surface area is 90.6 Å². The molecule has 1 aliphatic heterocycles. The van der Waals surface area contributed by atoms with Crippen LogP contribution in [0, 0.1) is 0 Å². The minimum absolute atomic E-state index is 0. The van der Waals surface area contributed by atoms with Crippen molar-refractivity contribution in [3.8, 4) is 0 Å². The lowest BCUT2D eigenvalue weighted by Crippen LogP contribution is -2.42. The molecule has 0 amide bonds. The van der Waals surface area contributed by atoms with Crippen LogP contribution in [0.15, 0.2) is 0 Å². The molecule has 14 heavy (non-hydrogen) atoms. The molecule has 4 nitrogen and oxygen atoms in total. The van der Waals surface area contributed by atoms with Gasteiger partial charge in [0.1, 0.15) is 0 Å². The number of hydrogen-bond donors (Lipinski definition) is 1. The molecule has 0 saturated carbocycles. The highest BCUT2D eigenvalue weighted by molar-refractivity contribution is 5.85. The van der Waals surface area contributed by atoms with Crippen LogP contribution in [0.4, 0.5) is 0 Å². The van der Waals surface area contributed by atoms with Crippen LogP contribution in [0.3, 0.4) is 0 Å². The maximum Gasteiger partial charge on any atom is 0.303 e. The molecular formula is C9H18ClNO3. The van der Waals surface area contributed by atoms with Crippen LogP contribution in [-0.2, 0) is 9.53 Å². The van der Waals surface area contributed by atoms with Crippen LogP contribution in [-0.4, -0.2) is 48.3 Å². The smallest absolute Gasteiger partial charge is 0.303 e. The number of rotatable bonds is 4. The number of morpholine rings is 1. The predicted molar refractivity (Wildman–Crippen MR) is 56.0 cm³/mol. The first-order valence-electron chi connectivity index (χ1n) is 4.73. The van der Waals surface area contributed by atoms with Gasteiger partial charge in [0.05, 0.1) is 13.2 Å². The fourth-order valence-electron chi connectivity index (χ4n) is 1.53. The lowest BCUT2D eigenvalue weighted by atomic mass is 10.1. The van der Waals surface area contributed by atoms with Gasteiger partial charge in [-0.2, -0.15) is 0 Å². The molecule has 1 atom stereocenters. The Kier molecular flexibility index (Phi) is 6.87. The molecule has 0 radical (unpaired) electrons. The van der Waals surface area contributed by atoms with Gasteiger partial charge in [0.2, 0.25) is 0 Å². The molecule has 1 N–H and O–H groups in total. The largest absolute Gasteiger partial charge is 0.481 e. The van der Waals surface area contributed by atoms with E-state index in [4.69, 9.17) is 9.84 Å². The third kappa shape index (κ3) is 4.79. The number of halogens is 1. The first-order chi connectivity index (χ1) is 6.20. The number of carbonyl (C=O) groups is 1. The van der Waals surface area contributed by atoms with Crippen LogP contribution in [0.5, 0.6) is 0 Å². The second kappa shape index (κ2) is 7.04. The lowest BCUT2D eigenvalue weighted by molar-refractivity contribution is -0.137. The maximum absolute atomic E-state index is 10.3. The van der Waals surface area contributed by atoms with Gasteiger partial charge in [-0.05, 0) is 13.3 Å². The minimum atomic E-state index is -0.708. The number of hydrogen-bond acceptors (Lipinski definition) is 3. The second-order valence-electron chi connectivity index (χ2n) is 3.43. The van der Waals surface area contributed by atoms with E-state index in [9.17, 15) is 4.79 Å². The Balaban J connectivity index is 0.00000169. The molecular weight excluding hydrogens is 206 g/mol.